The molecule has 0 atom stereocenters. The second-order valence-corrected chi connectivity index (χ2v) is 8.33. The third-order valence-corrected chi connectivity index (χ3v) is 6.53. The van der Waals surface area contributed by atoms with Crippen molar-refractivity contribution < 1.29 is 4.79 Å². The van der Waals surface area contributed by atoms with E-state index in [2.05, 4.69) is 23.2 Å². The van der Waals surface area contributed by atoms with Gasteiger partial charge in [0.05, 0.1) is 32.3 Å². The van der Waals surface area contributed by atoms with Crippen LogP contribution in [0.1, 0.15) is 34.5 Å². The summed E-state index contributed by atoms with van der Waals surface area (Å²) in [5, 5.41) is 4.23. The van der Waals surface area contributed by atoms with Crippen LogP contribution in [0.15, 0.2) is 29.6 Å². The largest absolute Gasteiger partial charge is 0.342 e. The van der Waals surface area contributed by atoms with Crippen molar-refractivity contribution in [3.8, 4) is 0 Å². The molecule has 0 bridgehead atoms. The second kappa shape index (κ2) is 6.61. The molecule has 0 saturated carbocycles. The molecule has 0 radical (unpaired) electrons. The van der Waals surface area contributed by atoms with E-state index in [-0.39, 0.29) is 5.91 Å². The highest BCUT2D eigenvalue weighted by atomic mass is 32.1. The molecule has 0 spiro atoms. The highest BCUT2D eigenvalue weighted by Crippen LogP contribution is 2.33. The minimum Gasteiger partial charge on any atom is -0.342 e. The zero-order valence-electron chi connectivity index (χ0n) is 13.6. The smallest absolute Gasteiger partial charge is 0.228 e. The predicted molar refractivity (Wildman–Crippen MR) is 98.7 cm³/mol. The fourth-order valence-electron chi connectivity index (χ4n) is 3.20. The Morgan fingerprint density at radius 3 is 2.75 bits per heavy atom. The van der Waals surface area contributed by atoms with Crippen molar-refractivity contribution >= 4 is 38.8 Å². The van der Waals surface area contributed by atoms with Crippen molar-refractivity contribution in [3.63, 3.8) is 0 Å². The van der Waals surface area contributed by atoms with Gasteiger partial charge in [0, 0.05) is 24.4 Å². The number of carbonyl (C=O) groups is 1. The number of hydrogen-bond acceptors (Lipinski definition) is 5. The van der Waals surface area contributed by atoms with Gasteiger partial charge in [0.1, 0.15) is 0 Å². The van der Waals surface area contributed by atoms with Crippen LogP contribution in [0.25, 0.3) is 10.2 Å². The minimum absolute atomic E-state index is 0.197. The number of aromatic nitrogens is 2. The lowest BCUT2D eigenvalue weighted by atomic mass is 9.97. The van der Waals surface area contributed by atoms with Crippen LogP contribution < -0.4 is 0 Å². The van der Waals surface area contributed by atoms with Gasteiger partial charge in [0.15, 0.2) is 0 Å². The average molecular weight is 358 g/mol. The number of fused-ring (bicyclic) bond motifs is 1. The Morgan fingerprint density at radius 1 is 1.25 bits per heavy atom. The number of likely N-dealkylation sites (tertiary alicyclic amines) is 1. The molecule has 0 unspecified atom stereocenters. The lowest BCUT2D eigenvalue weighted by Crippen LogP contribution is -2.38. The zero-order chi connectivity index (χ0) is 16.5. The fraction of sp³-hybridized carbons (Fsp3) is 0.389. The highest BCUT2D eigenvalue weighted by molar-refractivity contribution is 7.18. The number of rotatable bonds is 3. The highest BCUT2D eigenvalue weighted by Gasteiger charge is 2.26. The van der Waals surface area contributed by atoms with Crippen LogP contribution in [-0.4, -0.2) is 33.9 Å². The average Bonchev–Trinajstić information content (AvgIpc) is 3.21. The van der Waals surface area contributed by atoms with Crippen molar-refractivity contribution in [3.05, 3.63) is 45.4 Å². The lowest BCUT2D eigenvalue weighted by Gasteiger charge is -2.31. The standard InChI is InChI=1S/C18H19N3OS2/c1-12-19-14(11-23-12)10-17(22)21-8-6-13(7-9-21)18-20-15-4-2-3-5-16(15)24-18/h2-5,11,13H,6-10H2,1H3. The molecule has 1 aromatic carbocycles. The summed E-state index contributed by atoms with van der Waals surface area (Å²) in [6.45, 7) is 3.62. The third-order valence-electron chi connectivity index (χ3n) is 4.51. The molecule has 3 aromatic rings. The molecule has 1 amide bonds. The monoisotopic (exact) mass is 357 g/mol. The van der Waals surface area contributed by atoms with E-state index in [4.69, 9.17) is 4.98 Å². The maximum atomic E-state index is 12.4. The van der Waals surface area contributed by atoms with Crippen molar-refractivity contribution in [2.24, 2.45) is 0 Å². The normalized spacial score (nSPS) is 16.0. The molecule has 4 nitrogen and oxygen atoms in total. The number of para-hydroxylation sites is 1. The number of piperidine rings is 1. The SMILES string of the molecule is Cc1nc(CC(=O)N2CCC(c3nc4ccccc4s3)CC2)cs1. The molecule has 24 heavy (non-hydrogen) atoms. The zero-order valence-corrected chi connectivity index (χ0v) is 15.2. The molecule has 0 aliphatic carbocycles. The number of amides is 1. The van der Waals surface area contributed by atoms with E-state index in [9.17, 15) is 4.79 Å². The predicted octanol–water partition coefficient (Wildman–Crippen LogP) is 4.01. The van der Waals surface area contributed by atoms with Gasteiger partial charge in [-0.05, 0) is 31.9 Å². The Morgan fingerprint density at radius 2 is 2.04 bits per heavy atom. The van der Waals surface area contributed by atoms with Gasteiger partial charge in [-0.15, -0.1) is 22.7 Å². The molecule has 1 aliphatic rings. The van der Waals surface area contributed by atoms with Gasteiger partial charge in [-0.1, -0.05) is 12.1 Å². The van der Waals surface area contributed by atoms with E-state index >= 15 is 0 Å². The quantitative estimate of drug-likeness (QED) is 0.711. The Labute approximate surface area is 149 Å². The summed E-state index contributed by atoms with van der Waals surface area (Å²) in [5.41, 5.74) is 1.99. The summed E-state index contributed by atoms with van der Waals surface area (Å²) in [6.07, 6.45) is 2.43. The Hall–Kier alpha value is -1.79. The molecular formula is C18H19N3OS2. The summed E-state index contributed by atoms with van der Waals surface area (Å²) < 4.78 is 1.25. The molecule has 1 aliphatic heterocycles. The summed E-state index contributed by atoms with van der Waals surface area (Å²) in [5.74, 6) is 0.677. The maximum Gasteiger partial charge on any atom is 0.228 e. The molecular weight excluding hydrogens is 338 g/mol. The number of nitrogens with zero attached hydrogens (tertiary/aromatic N) is 3. The first-order valence-electron chi connectivity index (χ1n) is 8.23. The number of aryl methyl sites for hydroxylation is 1. The van der Waals surface area contributed by atoms with E-state index in [0.29, 0.717) is 12.3 Å². The molecule has 3 heterocycles. The van der Waals surface area contributed by atoms with Crippen molar-refractivity contribution in [1.29, 1.82) is 0 Å². The molecule has 4 rings (SSSR count). The summed E-state index contributed by atoms with van der Waals surface area (Å²) in [4.78, 5) is 23.6. The number of thiazole rings is 2. The Bertz CT molecular complexity index is 829. The van der Waals surface area contributed by atoms with E-state index in [1.807, 2.05) is 23.3 Å². The van der Waals surface area contributed by atoms with Gasteiger partial charge < -0.3 is 4.90 Å². The van der Waals surface area contributed by atoms with Crippen molar-refractivity contribution in [2.75, 3.05) is 13.1 Å². The van der Waals surface area contributed by atoms with Crippen molar-refractivity contribution in [2.45, 2.75) is 32.1 Å². The first-order valence-corrected chi connectivity index (χ1v) is 9.93. The maximum absolute atomic E-state index is 12.4. The van der Waals surface area contributed by atoms with Crippen LogP contribution in [0.2, 0.25) is 0 Å². The first-order chi connectivity index (χ1) is 11.7. The van der Waals surface area contributed by atoms with Crippen LogP contribution in [0, 0.1) is 6.92 Å². The number of carbonyl (C=O) groups excluding carboxylic acids is 1. The second-order valence-electron chi connectivity index (χ2n) is 6.21. The Kier molecular flexibility index (Phi) is 4.33. The van der Waals surface area contributed by atoms with Gasteiger partial charge >= 0.3 is 0 Å². The minimum atomic E-state index is 0.197. The van der Waals surface area contributed by atoms with E-state index in [0.717, 1.165) is 42.1 Å². The Balaban J connectivity index is 1.38. The van der Waals surface area contributed by atoms with Gasteiger partial charge in [-0.3, -0.25) is 4.79 Å². The lowest BCUT2D eigenvalue weighted by molar-refractivity contribution is -0.131. The van der Waals surface area contributed by atoms with Crippen LogP contribution >= 0.6 is 22.7 Å². The van der Waals surface area contributed by atoms with E-state index in [1.54, 1.807) is 22.7 Å². The molecule has 1 fully saturated rings. The van der Waals surface area contributed by atoms with Gasteiger partial charge in [0.25, 0.3) is 0 Å². The number of hydrogen-bond donors (Lipinski definition) is 0. The third kappa shape index (κ3) is 3.21. The first kappa shape index (κ1) is 15.7. The van der Waals surface area contributed by atoms with E-state index in [1.165, 1.54) is 9.71 Å². The molecule has 1 saturated heterocycles. The molecule has 0 N–H and O–H groups in total. The summed E-state index contributed by atoms with van der Waals surface area (Å²) >= 11 is 3.40. The van der Waals surface area contributed by atoms with Gasteiger partial charge in [-0.25, -0.2) is 9.97 Å². The van der Waals surface area contributed by atoms with Crippen LogP contribution in [-0.2, 0) is 11.2 Å². The molecule has 124 valence electrons. The van der Waals surface area contributed by atoms with Crippen LogP contribution in [0.3, 0.4) is 0 Å². The topological polar surface area (TPSA) is 46.1 Å². The summed E-state index contributed by atoms with van der Waals surface area (Å²) in [6, 6.07) is 8.30. The number of benzene rings is 1. The molecule has 6 heteroatoms. The van der Waals surface area contributed by atoms with Gasteiger partial charge in [-0.2, -0.15) is 0 Å². The van der Waals surface area contributed by atoms with E-state index < -0.39 is 0 Å². The van der Waals surface area contributed by atoms with Crippen molar-refractivity contribution in [1.82, 2.24) is 14.9 Å². The van der Waals surface area contributed by atoms with Gasteiger partial charge in [0.2, 0.25) is 5.91 Å². The van der Waals surface area contributed by atoms with Crippen LogP contribution in [0.5, 0.6) is 0 Å². The summed E-state index contributed by atoms with van der Waals surface area (Å²) in [7, 11) is 0. The fourth-order valence-corrected chi connectivity index (χ4v) is 4.95. The van der Waals surface area contributed by atoms with Crippen LogP contribution in [0.4, 0.5) is 0 Å². The molecule has 2 aromatic heterocycles.